The molecule has 0 rings (SSSR count). The lowest BCUT2D eigenvalue weighted by Crippen LogP contribution is -1.61. The third kappa shape index (κ3) is 5.48. The Balaban J connectivity index is 2.90. The Bertz CT molecular complexity index is 70.1. The van der Waals surface area contributed by atoms with Gasteiger partial charge >= 0.3 is 0 Å². The third-order valence-corrected chi connectivity index (χ3v) is 0.866. The Morgan fingerprint density at radius 3 is 2.62 bits per heavy atom. The van der Waals surface area contributed by atoms with Crippen molar-refractivity contribution in [1.29, 1.82) is 0 Å². The van der Waals surface area contributed by atoms with Crippen molar-refractivity contribution in [3.8, 4) is 0 Å². The Hall–Kier alpha value is -0.520. The molecule has 0 bridgehead atoms. The lowest BCUT2D eigenvalue weighted by molar-refractivity contribution is 1.05. The Morgan fingerprint density at radius 2 is 2.12 bits per heavy atom. The molecule has 0 aromatic rings. The number of rotatable bonds is 4. The topological polar surface area (TPSA) is 0 Å². The molecule has 45 valence electrons. The van der Waals surface area contributed by atoms with Gasteiger partial charge in [-0.3, -0.25) is 0 Å². The van der Waals surface area contributed by atoms with E-state index in [4.69, 9.17) is 0 Å². The van der Waals surface area contributed by atoms with E-state index < -0.39 is 0 Å². The van der Waals surface area contributed by atoms with Crippen LogP contribution < -0.4 is 0 Å². The summed E-state index contributed by atoms with van der Waals surface area (Å²) in [4.78, 5) is 0. The molecule has 0 aliphatic heterocycles. The fourth-order valence-electron chi connectivity index (χ4n) is 0.446. The summed E-state index contributed by atoms with van der Waals surface area (Å²) in [6, 6.07) is 0. The van der Waals surface area contributed by atoms with E-state index in [0.717, 1.165) is 12.8 Å². The molecule has 0 N–H and O–H groups in total. The minimum absolute atomic E-state index is 1.09. The molecule has 0 heterocycles. The van der Waals surface area contributed by atoms with Crippen LogP contribution in [-0.4, -0.2) is 0 Å². The predicted molar refractivity (Wildman–Crippen MR) is 38.5 cm³/mol. The number of allylic oxidation sites excluding steroid dienone is 3. The lowest BCUT2D eigenvalue weighted by Gasteiger charge is -1.81. The summed E-state index contributed by atoms with van der Waals surface area (Å²) in [5.74, 6) is 0. The van der Waals surface area contributed by atoms with Gasteiger partial charge in [0.1, 0.15) is 0 Å². The molecular formula is C8H13. The molecule has 1 radical (unpaired) electrons. The first kappa shape index (κ1) is 7.48. The fourth-order valence-corrected chi connectivity index (χ4v) is 0.446. The van der Waals surface area contributed by atoms with Crippen molar-refractivity contribution >= 4 is 0 Å². The van der Waals surface area contributed by atoms with Gasteiger partial charge in [-0.2, -0.15) is 0 Å². The summed E-state index contributed by atoms with van der Waals surface area (Å²) in [7, 11) is 0. The Morgan fingerprint density at radius 1 is 1.38 bits per heavy atom. The zero-order valence-corrected chi connectivity index (χ0v) is 5.43. The van der Waals surface area contributed by atoms with Gasteiger partial charge in [0.15, 0.2) is 0 Å². The van der Waals surface area contributed by atoms with Crippen molar-refractivity contribution in [2.75, 3.05) is 0 Å². The number of hydrogen-bond donors (Lipinski definition) is 0. The van der Waals surface area contributed by atoms with E-state index in [1.165, 1.54) is 0 Å². The summed E-state index contributed by atoms with van der Waals surface area (Å²) in [6.07, 6.45) is 10.4. The van der Waals surface area contributed by atoms with Crippen molar-refractivity contribution in [3.63, 3.8) is 0 Å². The summed E-state index contributed by atoms with van der Waals surface area (Å²) < 4.78 is 0. The van der Waals surface area contributed by atoms with Crippen molar-refractivity contribution in [3.05, 3.63) is 31.2 Å². The maximum absolute atomic E-state index is 3.61. The molecular weight excluding hydrogens is 96.1 g/mol. The lowest BCUT2D eigenvalue weighted by atomic mass is 10.3. The van der Waals surface area contributed by atoms with E-state index in [1.807, 2.05) is 19.4 Å². The molecule has 0 unspecified atom stereocenters. The first-order valence-corrected chi connectivity index (χ1v) is 2.97. The number of unbranched alkanes of at least 4 members (excludes halogenated alkanes) is 1. The maximum Gasteiger partial charge on any atom is -0.0202 e. The molecule has 0 aliphatic rings. The van der Waals surface area contributed by atoms with Crippen molar-refractivity contribution < 1.29 is 0 Å². The predicted octanol–water partition coefficient (Wildman–Crippen LogP) is 2.73. The second kappa shape index (κ2) is 6.48. The highest BCUT2D eigenvalue weighted by atomic mass is 13.8. The molecule has 8 heavy (non-hydrogen) atoms. The van der Waals surface area contributed by atoms with Gasteiger partial charge in [-0.1, -0.05) is 25.2 Å². The second-order valence-corrected chi connectivity index (χ2v) is 1.63. The Kier molecular flexibility index (Phi) is 6.06. The highest BCUT2D eigenvalue weighted by Gasteiger charge is 1.71. The third-order valence-electron chi connectivity index (χ3n) is 0.866. The van der Waals surface area contributed by atoms with E-state index in [-0.39, 0.29) is 0 Å². The molecule has 0 atom stereocenters. The minimum Gasteiger partial charge on any atom is -0.103 e. The van der Waals surface area contributed by atoms with Gasteiger partial charge in [-0.15, -0.1) is 6.58 Å². The molecule has 0 saturated carbocycles. The van der Waals surface area contributed by atoms with Gasteiger partial charge in [0.2, 0.25) is 0 Å². The van der Waals surface area contributed by atoms with Gasteiger partial charge in [0.05, 0.1) is 0 Å². The monoisotopic (exact) mass is 109 g/mol. The minimum atomic E-state index is 1.09. The standard InChI is InChI=1S/C8H13/c1-3-5-7-8-6-4-2/h3-4,6,8H,1,5,7H2,2H3. The zero-order valence-electron chi connectivity index (χ0n) is 5.43. The summed E-state index contributed by atoms with van der Waals surface area (Å²) >= 11 is 0. The first-order valence-electron chi connectivity index (χ1n) is 2.97. The molecule has 0 aromatic heterocycles. The van der Waals surface area contributed by atoms with Crippen molar-refractivity contribution in [1.82, 2.24) is 0 Å². The molecule has 0 fully saturated rings. The van der Waals surface area contributed by atoms with Crippen LogP contribution in [0.2, 0.25) is 0 Å². The van der Waals surface area contributed by atoms with E-state index in [0.29, 0.717) is 0 Å². The molecule has 0 heteroatoms. The number of hydrogen-bond acceptors (Lipinski definition) is 0. The van der Waals surface area contributed by atoms with Crippen LogP contribution in [0.5, 0.6) is 0 Å². The van der Waals surface area contributed by atoms with E-state index in [1.54, 1.807) is 0 Å². The largest absolute Gasteiger partial charge is 0.103 e. The van der Waals surface area contributed by atoms with Crippen LogP contribution in [0.25, 0.3) is 0 Å². The van der Waals surface area contributed by atoms with Crippen LogP contribution in [-0.2, 0) is 0 Å². The second-order valence-electron chi connectivity index (χ2n) is 1.63. The molecule has 0 aliphatic carbocycles. The summed E-state index contributed by atoms with van der Waals surface area (Å²) in [5, 5.41) is 0. The highest BCUT2D eigenvalue weighted by Crippen LogP contribution is 1.90. The average Bonchev–Trinajstić information content (AvgIpc) is 1.81. The molecule has 0 saturated heterocycles. The summed E-state index contributed by atoms with van der Waals surface area (Å²) in [5.41, 5.74) is 0. The quantitative estimate of drug-likeness (QED) is 0.384. The van der Waals surface area contributed by atoms with Gasteiger partial charge in [-0.25, -0.2) is 0 Å². The fraction of sp³-hybridized carbons (Fsp3) is 0.375. The van der Waals surface area contributed by atoms with Gasteiger partial charge in [0.25, 0.3) is 0 Å². The molecule has 0 spiro atoms. The van der Waals surface area contributed by atoms with Crippen LogP contribution in [0.4, 0.5) is 0 Å². The Labute approximate surface area is 51.9 Å². The smallest absolute Gasteiger partial charge is 0.0202 e. The van der Waals surface area contributed by atoms with Crippen LogP contribution in [0, 0.1) is 6.42 Å². The van der Waals surface area contributed by atoms with Crippen molar-refractivity contribution in [2.45, 2.75) is 19.8 Å². The van der Waals surface area contributed by atoms with E-state index >= 15 is 0 Å². The van der Waals surface area contributed by atoms with Gasteiger partial charge in [0, 0.05) is 0 Å². The molecule has 0 aromatic carbocycles. The van der Waals surface area contributed by atoms with Crippen LogP contribution >= 0.6 is 0 Å². The van der Waals surface area contributed by atoms with Crippen LogP contribution in [0.15, 0.2) is 24.8 Å². The van der Waals surface area contributed by atoms with E-state index in [2.05, 4.69) is 18.7 Å². The van der Waals surface area contributed by atoms with E-state index in [9.17, 15) is 0 Å². The van der Waals surface area contributed by atoms with Crippen molar-refractivity contribution in [2.24, 2.45) is 0 Å². The summed E-state index contributed by atoms with van der Waals surface area (Å²) in [6.45, 7) is 5.63. The van der Waals surface area contributed by atoms with Gasteiger partial charge in [-0.05, 0) is 19.3 Å². The SMILES string of the molecule is C=CCCC=C[CH]C. The molecule has 0 amide bonds. The highest BCUT2D eigenvalue weighted by molar-refractivity contribution is 4.92. The average molecular weight is 109 g/mol. The van der Waals surface area contributed by atoms with Gasteiger partial charge < -0.3 is 0 Å². The molecule has 0 nitrogen and oxygen atoms in total. The van der Waals surface area contributed by atoms with Crippen LogP contribution in [0.1, 0.15) is 19.8 Å². The zero-order chi connectivity index (χ0) is 6.24. The van der Waals surface area contributed by atoms with Crippen LogP contribution in [0.3, 0.4) is 0 Å². The maximum atomic E-state index is 3.61. The normalized spacial score (nSPS) is 10.1. The first-order chi connectivity index (χ1) is 3.91.